The van der Waals surface area contributed by atoms with Crippen molar-refractivity contribution in [2.75, 3.05) is 24.1 Å². The van der Waals surface area contributed by atoms with Crippen molar-refractivity contribution >= 4 is 51.4 Å². The zero-order valence-corrected chi connectivity index (χ0v) is 16.1. The van der Waals surface area contributed by atoms with Gasteiger partial charge in [0, 0.05) is 46.1 Å². The Morgan fingerprint density at radius 2 is 1.74 bits per heavy atom. The van der Waals surface area contributed by atoms with Gasteiger partial charge in [-0.25, -0.2) is 0 Å². The standard InChI is InChI=1S/C20H20Cl2N4O/c21-13-3-5-15(17(23)11-13)20(27)26-9-2-1-8-24-18-7-10-25-19-12-14(22)4-6-16(18)19/h3-7,10-12H,1-2,8-9,23H2,(H,24,25)(H,26,27). The number of nitrogens with two attached hydrogens (primary N) is 1. The molecule has 7 heteroatoms. The summed E-state index contributed by atoms with van der Waals surface area (Å²) in [5.41, 5.74) is 8.53. The lowest BCUT2D eigenvalue weighted by Gasteiger charge is -2.10. The predicted molar refractivity (Wildman–Crippen MR) is 113 cm³/mol. The quantitative estimate of drug-likeness (QED) is 0.393. The first kappa shape index (κ1) is 19.3. The molecule has 0 aliphatic rings. The van der Waals surface area contributed by atoms with Crippen LogP contribution in [0.3, 0.4) is 0 Å². The summed E-state index contributed by atoms with van der Waals surface area (Å²) >= 11 is 11.9. The molecule has 0 aliphatic carbocycles. The number of unbranched alkanes of at least 4 members (excludes halogenated alkanes) is 1. The molecule has 1 aromatic heterocycles. The van der Waals surface area contributed by atoms with E-state index in [0.29, 0.717) is 27.8 Å². The summed E-state index contributed by atoms with van der Waals surface area (Å²) in [6, 6.07) is 12.5. The number of amides is 1. The molecule has 140 valence electrons. The Hall–Kier alpha value is -2.50. The van der Waals surface area contributed by atoms with E-state index in [9.17, 15) is 4.79 Å². The van der Waals surface area contributed by atoms with Crippen molar-refractivity contribution in [2.24, 2.45) is 0 Å². The Balaban J connectivity index is 1.44. The van der Waals surface area contributed by atoms with E-state index >= 15 is 0 Å². The van der Waals surface area contributed by atoms with Crippen molar-refractivity contribution in [3.8, 4) is 0 Å². The van der Waals surface area contributed by atoms with Gasteiger partial charge >= 0.3 is 0 Å². The van der Waals surface area contributed by atoms with Crippen LogP contribution in [-0.4, -0.2) is 24.0 Å². The van der Waals surface area contributed by atoms with Crippen molar-refractivity contribution in [2.45, 2.75) is 12.8 Å². The van der Waals surface area contributed by atoms with Crippen molar-refractivity contribution < 1.29 is 4.79 Å². The third-order valence-corrected chi connectivity index (χ3v) is 4.64. The van der Waals surface area contributed by atoms with Crippen LogP contribution in [0.4, 0.5) is 11.4 Å². The Morgan fingerprint density at radius 3 is 2.56 bits per heavy atom. The number of nitrogens with one attached hydrogen (secondary N) is 2. The minimum atomic E-state index is -0.186. The maximum absolute atomic E-state index is 12.1. The fourth-order valence-electron chi connectivity index (χ4n) is 2.79. The highest BCUT2D eigenvalue weighted by Gasteiger charge is 2.09. The van der Waals surface area contributed by atoms with Gasteiger partial charge in [-0.05, 0) is 55.3 Å². The van der Waals surface area contributed by atoms with Crippen molar-refractivity contribution in [1.82, 2.24) is 10.3 Å². The average molecular weight is 403 g/mol. The lowest BCUT2D eigenvalue weighted by Crippen LogP contribution is -2.25. The van der Waals surface area contributed by atoms with Crippen LogP contribution in [0.15, 0.2) is 48.7 Å². The lowest BCUT2D eigenvalue weighted by molar-refractivity contribution is 0.0954. The molecule has 5 nitrogen and oxygen atoms in total. The monoisotopic (exact) mass is 402 g/mol. The number of halogens is 2. The maximum Gasteiger partial charge on any atom is 0.253 e. The van der Waals surface area contributed by atoms with Crippen LogP contribution in [0.1, 0.15) is 23.2 Å². The zero-order valence-electron chi connectivity index (χ0n) is 14.6. The third kappa shape index (κ3) is 5.02. The topological polar surface area (TPSA) is 80.0 Å². The predicted octanol–water partition coefficient (Wildman–Crippen LogP) is 4.75. The molecule has 0 bridgehead atoms. The van der Waals surface area contributed by atoms with Gasteiger partial charge in [0.2, 0.25) is 0 Å². The molecule has 2 aromatic carbocycles. The molecular formula is C20H20Cl2N4O. The van der Waals surface area contributed by atoms with Crippen molar-refractivity contribution in [3.63, 3.8) is 0 Å². The van der Waals surface area contributed by atoms with Gasteiger partial charge in [0.05, 0.1) is 11.1 Å². The minimum Gasteiger partial charge on any atom is -0.398 e. The fourth-order valence-corrected chi connectivity index (χ4v) is 3.13. The van der Waals surface area contributed by atoms with Gasteiger partial charge in [0.15, 0.2) is 0 Å². The summed E-state index contributed by atoms with van der Waals surface area (Å²) in [4.78, 5) is 16.5. The van der Waals surface area contributed by atoms with Crippen LogP contribution < -0.4 is 16.4 Å². The zero-order chi connectivity index (χ0) is 19.2. The summed E-state index contributed by atoms with van der Waals surface area (Å²) in [6.07, 6.45) is 3.52. The molecule has 4 N–H and O–H groups in total. The molecule has 0 radical (unpaired) electrons. The normalized spacial score (nSPS) is 10.7. The molecule has 0 aliphatic heterocycles. The summed E-state index contributed by atoms with van der Waals surface area (Å²) in [6.45, 7) is 1.37. The lowest BCUT2D eigenvalue weighted by atomic mass is 10.1. The van der Waals surface area contributed by atoms with Crippen LogP contribution >= 0.6 is 23.2 Å². The molecule has 0 saturated carbocycles. The highest BCUT2D eigenvalue weighted by atomic mass is 35.5. The largest absolute Gasteiger partial charge is 0.398 e. The number of hydrogen-bond acceptors (Lipinski definition) is 4. The van der Waals surface area contributed by atoms with Crippen LogP contribution in [0.2, 0.25) is 10.0 Å². The first-order valence-electron chi connectivity index (χ1n) is 8.66. The van der Waals surface area contributed by atoms with E-state index in [0.717, 1.165) is 36.0 Å². The van der Waals surface area contributed by atoms with Gasteiger partial charge in [-0.15, -0.1) is 0 Å². The Kier molecular flexibility index (Phi) is 6.37. The number of fused-ring (bicyclic) bond motifs is 1. The smallest absolute Gasteiger partial charge is 0.253 e. The van der Waals surface area contributed by atoms with E-state index in [-0.39, 0.29) is 5.91 Å². The van der Waals surface area contributed by atoms with Gasteiger partial charge in [-0.1, -0.05) is 23.2 Å². The third-order valence-electron chi connectivity index (χ3n) is 4.17. The first-order chi connectivity index (χ1) is 13.0. The second-order valence-corrected chi connectivity index (χ2v) is 7.01. The molecule has 0 atom stereocenters. The maximum atomic E-state index is 12.1. The second kappa shape index (κ2) is 8.93. The van der Waals surface area contributed by atoms with Crippen LogP contribution in [0.25, 0.3) is 10.9 Å². The summed E-state index contributed by atoms with van der Waals surface area (Å²) in [5, 5.41) is 8.51. The molecule has 3 aromatic rings. The molecule has 3 rings (SSSR count). The summed E-state index contributed by atoms with van der Waals surface area (Å²) in [7, 11) is 0. The number of anilines is 2. The highest BCUT2D eigenvalue weighted by Crippen LogP contribution is 2.24. The van der Waals surface area contributed by atoms with Gasteiger partial charge in [-0.3, -0.25) is 9.78 Å². The highest BCUT2D eigenvalue weighted by molar-refractivity contribution is 6.31. The number of benzene rings is 2. The minimum absolute atomic E-state index is 0.186. The number of aromatic nitrogens is 1. The van der Waals surface area contributed by atoms with E-state index in [1.54, 1.807) is 24.4 Å². The number of carbonyl (C=O) groups excluding carboxylic acids is 1. The van der Waals surface area contributed by atoms with E-state index in [2.05, 4.69) is 15.6 Å². The van der Waals surface area contributed by atoms with E-state index in [1.807, 2.05) is 24.3 Å². The number of carbonyl (C=O) groups is 1. The molecule has 0 fully saturated rings. The fraction of sp³-hybridized carbons (Fsp3) is 0.200. The van der Waals surface area contributed by atoms with E-state index in [1.165, 1.54) is 0 Å². The number of pyridine rings is 1. The van der Waals surface area contributed by atoms with Crippen LogP contribution in [0.5, 0.6) is 0 Å². The van der Waals surface area contributed by atoms with Crippen molar-refractivity contribution in [3.05, 3.63) is 64.3 Å². The molecule has 1 heterocycles. The Bertz CT molecular complexity index is 962. The van der Waals surface area contributed by atoms with Gasteiger partial charge in [0.1, 0.15) is 0 Å². The molecule has 27 heavy (non-hydrogen) atoms. The summed E-state index contributed by atoms with van der Waals surface area (Å²) < 4.78 is 0. The SMILES string of the molecule is Nc1cc(Cl)ccc1C(=O)NCCCCNc1ccnc2cc(Cl)ccc12. The number of nitrogen functional groups attached to an aromatic ring is 1. The molecule has 0 spiro atoms. The van der Waals surface area contributed by atoms with E-state index < -0.39 is 0 Å². The van der Waals surface area contributed by atoms with Crippen molar-refractivity contribution in [1.29, 1.82) is 0 Å². The summed E-state index contributed by atoms with van der Waals surface area (Å²) in [5.74, 6) is -0.186. The number of hydrogen-bond donors (Lipinski definition) is 3. The molecule has 1 amide bonds. The van der Waals surface area contributed by atoms with Gasteiger partial charge in [-0.2, -0.15) is 0 Å². The first-order valence-corrected chi connectivity index (χ1v) is 9.41. The van der Waals surface area contributed by atoms with Crippen LogP contribution in [-0.2, 0) is 0 Å². The Morgan fingerprint density at radius 1 is 1.00 bits per heavy atom. The number of rotatable bonds is 7. The number of nitrogens with zero attached hydrogens (tertiary/aromatic N) is 1. The van der Waals surface area contributed by atoms with E-state index in [4.69, 9.17) is 28.9 Å². The van der Waals surface area contributed by atoms with Crippen LogP contribution in [0, 0.1) is 0 Å². The van der Waals surface area contributed by atoms with Gasteiger partial charge < -0.3 is 16.4 Å². The second-order valence-electron chi connectivity index (χ2n) is 6.14. The van der Waals surface area contributed by atoms with Gasteiger partial charge in [0.25, 0.3) is 5.91 Å². The molecule has 0 saturated heterocycles. The molecule has 0 unspecified atom stereocenters. The average Bonchev–Trinajstić information content (AvgIpc) is 2.64. The molecular weight excluding hydrogens is 383 g/mol. The Labute approximate surface area is 167 Å².